The summed E-state index contributed by atoms with van der Waals surface area (Å²) in [6.45, 7) is 0. The summed E-state index contributed by atoms with van der Waals surface area (Å²) in [5, 5.41) is 2.05. The van der Waals surface area contributed by atoms with Crippen molar-refractivity contribution in [2.45, 2.75) is 6.04 Å². The van der Waals surface area contributed by atoms with E-state index in [-0.39, 0.29) is 10.0 Å². The van der Waals surface area contributed by atoms with Gasteiger partial charge in [0.05, 0.1) is 10.5 Å². The third-order valence-corrected chi connectivity index (χ3v) is 4.14. The van der Waals surface area contributed by atoms with Gasteiger partial charge in [-0.25, -0.2) is 8.78 Å². The molecule has 0 spiro atoms. The van der Waals surface area contributed by atoms with Crippen LogP contribution in [-0.4, -0.2) is 0 Å². The monoisotopic (exact) mass is 347 g/mol. The molecule has 3 rings (SSSR count). The first-order valence-electron chi connectivity index (χ1n) is 6.45. The topological polar surface area (TPSA) is 26.0 Å². The van der Waals surface area contributed by atoms with E-state index in [0.717, 1.165) is 10.8 Å². The predicted octanol–water partition coefficient (Wildman–Crippen LogP) is 4.93. The molecule has 106 valence electrons. The quantitative estimate of drug-likeness (QED) is 0.653. The molecule has 2 N–H and O–H groups in total. The van der Waals surface area contributed by atoms with Crippen LogP contribution in [0.3, 0.4) is 0 Å². The molecular formula is C17H12BrF2N. The molecule has 0 aliphatic rings. The summed E-state index contributed by atoms with van der Waals surface area (Å²) < 4.78 is 28.3. The van der Waals surface area contributed by atoms with Crippen LogP contribution in [0.1, 0.15) is 17.2 Å². The molecule has 0 amide bonds. The Labute approximate surface area is 129 Å². The molecule has 21 heavy (non-hydrogen) atoms. The minimum Gasteiger partial charge on any atom is -0.320 e. The molecule has 1 unspecified atom stereocenters. The molecule has 0 fully saturated rings. The van der Waals surface area contributed by atoms with Gasteiger partial charge >= 0.3 is 0 Å². The van der Waals surface area contributed by atoms with Gasteiger partial charge in [-0.2, -0.15) is 0 Å². The van der Waals surface area contributed by atoms with Gasteiger partial charge in [0.1, 0.15) is 11.6 Å². The van der Waals surface area contributed by atoms with Gasteiger partial charge in [-0.15, -0.1) is 0 Å². The molecule has 0 aromatic heterocycles. The number of fused-ring (bicyclic) bond motifs is 1. The van der Waals surface area contributed by atoms with Crippen LogP contribution >= 0.6 is 15.9 Å². The lowest BCUT2D eigenvalue weighted by atomic mass is 9.96. The van der Waals surface area contributed by atoms with Gasteiger partial charge in [0.15, 0.2) is 0 Å². The maximum Gasteiger partial charge on any atom is 0.145 e. The standard InChI is InChI=1S/C17H12BrF2N/c18-13-7-8-14(19)15(16(13)20)17(21)12-6-5-10-3-1-2-4-11(10)9-12/h1-9,17H,21H2. The number of hydrogen-bond donors (Lipinski definition) is 1. The van der Waals surface area contributed by atoms with Crippen molar-refractivity contribution in [3.8, 4) is 0 Å². The highest BCUT2D eigenvalue weighted by atomic mass is 79.9. The Hall–Kier alpha value is -1.78. The molecule has 0 bridgehead atoms. The molecule has 0 heterocycles. The molecule has 1 atom stereocenters. The van der Waals surface area contributed by atoms with Crippen molar-refractivity contribution < 1.29 is 8.78 Å². The number of hydrogen-bond acceptors (Lipinski definition) is 1. The molecule has 0 aliphatic carbocycles. The Balaban J connectivity index is 2.12. The van der Waals surface area contributed by atoms with E-state index in [2.05, 4.69) is 15.9 Å². The summed E-state index contributed by atoms with van der Waals surface area (Å²) in [6, 6.07) is 15.0. The lowest BCUT2D eigenvalue weighted by molar-refractivity contribution is 0.539. The van der Waals surface area contributed by atoms with Gasteiger partial charge in [0.2, 0.25) is 0 Å². The summed E-state index contributed by atoms with van der Waals surface area (Å²) in [6.07, 6.45) is 0. The summed E-state index contributed by atoms with van der Waals surface area (Å²) >= 11 is 3.06. The zero-order chi connectivity index (χ0) is 15.0. The van der Waals surface area contributed by atoms with Crippen molar-refractivity contribution in [2.24, 2.45) is 5.73 Å². The van der Waals surface area contributed by atoms with Crippen LogP contribution in [0.2, 0.25) is 0 Å². The zero-order valence-electron chi connectivity index (χ0n) is 11.0. The van der Waals surface area contributed by atoms with Crippen molar-refractivity contribution in [1.29, 1.82) is 0 Å². The Morgan fingerprint density at radius 2 is 1.62 bits per heavy atom. The average molecular weight is 348 g/mol. The lowest BCUT2D eigenvalue weighted by Crippen LogP contribution is -2.16. The van der Waals surface area contributed by atoms with E-state index < -0.39 is 17.7 Å². The van der Waals surface area contributed by atoms with Crippen molar-refractivity contribution in [1.82, 2.24) is 0 Å². The van der Waals surface area contributed by atoms with Crippen LogP contribution in [0, 0.1) is 11.6 Å². The lowest BCUT2D eigenvalue weighted by Gasteiger charge is -2.16. The van der Waals surface area contributed by atoms with Crippen LogP contribution in [0.15, 0.2) is 59.1 Å². The van der Waals surface area contributed by atoms with Gasteiger partial charge in [-0.1, -0.05) is 36.4 Å². The highest BCUT2D eigenvalue weighted by molar-refractivity contribution is 9.10. The number of nitrogens with two attached hydrogens (primary N) is 1. The fraction of sp³-hybridized carbons (Fsp3) is 0.0588. The van der Waals surface area contributed by atoms with Crippen LogP contribution in [0.4, 0.5) is 8.78 Å². The summed E-state index contributed by atoms with van der Waals surface area (Å²) in [5.41, 5.74) is 6.62. The van der Waals surface area contributed by atoms with Crippen molar-refractivity contribution >= 4 is 26.7 Å². The summed E-state index contributed by atoms with van der Waals surface area (Å²) in [5.74, 6) is -1.30. The molecule has 1 nitrogen and oxygen atoms in total. The Bertz CT molecular complexity index is 817. The Morgan fingerprint density at radius 1 is 0.905 bits per heavy atom. The second-order valence-electron chi connectivity index (χ2n) is 4.84. The fourth-order valence-electron chi connectivity index (χ4n) is 2.40. The number of halogens is 3. The molecule has 0 radical (unpaired) electrons. The van der Waals surface area contributed by atoms with Gasteiger partial charge < -0.3 is 5.73 Å². The predicted molar refractivity (Wildman–Crippen MR) is 84.0 cm³/mol. The van der Waals surface area contributed by atoms with E-state index in [4.69, 9.17) is 5.73 Å². The second kappa shape index (κ2) is 5.54. The molecular weight excluding hydrogens is 336 g/mol. The first-order valence-corrected chi connectivity index (χ1v) is 7.25. The first-order chi connectivity index (χ1) is 10.1. The maximum absolute atomic E-state index is 14.1. The molecule has 3 aromatic carbocycles. The highest BCUT2D eigenvalue weighted by Gasteiger charge is 2.20. The van der Waals surface area contributed by atoms with Crippen molar-refractivity contribution in [3.63, 3.8) is 0 Å². The SMILES string of the molecule is NC(c1ccc2ccccc2c1)c1c(F)ccc(Br)c1F. The minimum atomic E-state index is -0.855. The van der Waals surface area contributed by atoms with E-state index in [1.165, 1.54) is 12.1 Å². The third kappa shape index (κ3) is 2.57. The van der Waals surface area contributed by atoms with E-state index in [0.29, 0.717) is 5.56 Å². The molecule has 0 aliphatic heterocycles. The number of benzene rings is 3. The van der Waals surface area contributed by atoms with E-state index in [1.54, 1.807) is 6.07 Å². The largest absolute Gasteiger partial charge is 0.320 e. The number of rotatable bonds is 2. The van der Waals surface area contributed by atoms with Crippen LogP contribution in [-0.2, 0) is 0 Å². The van der Waals surface area contributed by atoms with Crippen molar-refractivity contribution in [3.05, 3.63) is 81.8 Å². The van der Waals surface area contributed by atoms with Crippen LogP contribution in [0.5, 0.6) is 0 Å². The second-order valence-corrected chi connectivity index (χ2v) is 5.70. The Kier molecular flexibility index (Phi) is 3.74. The van der Waals surface area contributed by atoms with Gasteiger partial charge in [-0.3, -0.25) is 0 Å². The maximum atomic E-state index is 14.1. The van der Waals surface area contributed by atoms with E-state index in [9.17, 15) is 8.78 Å². The normalized spacial score (nSPS) is 12.6. The molecule has 0 saturated carbocycles. The third-order valence-electron chi connectivity index (χ3n) is 3.52. The minimum absolute atomic E-state index is 0.125. The highest BCUT2D eigenvalue weighted by Crippen LogP contribution is 2.30. The average Bonchev–Trinajstić information content (AvgIpc) is 2.51. The smallest absolute Gasteiger partial charge is 0.145 e. The molecule has 4 heteroatoms. The molecule has 3 aromatic rings. The fourth-order valence-corrected chi connectivity index (χ4v) is 2.74. The first kappa shape index (κ1) is 14.2. The van der Waals surface area contributed by atoms with Gasteiger partial charge in [0, 0.05) is 5.56 Å². The molecule has 0 saturated heterocycles. The zero-order valence-corrected chi connectivity index (χ0v) is 12.6. The van der Waals surface area contributed by atoms with Crippen LogP contribution in [0.25, 0.3) is 10.8 Å². The summed E-state index contributed by atoms with van der Waals surface area (Å²) in [4.78, 5) is 0. The van der Waals surface area contributed by atoms with Gasteiger partial charge in [-0.05, 0) is 50.5 Å². The Morgan fingerprint density at radius 3 is 2.38 bits per heavy atom. The van der Waals surface area contributed by atoms with Crippen molar-refractivity contribution in [2.75, 3.05) is 0 Å². The van der Waals surface area contributed by atoms with Crippen LogP contribution < -0.4 is 5.73 Å². The van der Waals surface area contributed by atoms with Gasteiger partial charge in [0.25, 0.3) is 0 Å². The van der Waals surface area contributed by atoms with E-state index >= 15 is 0 Å². The summed E-state index contributed by atoms with van der Waals surface area (Å²) in [7, 11) is 0. The van der Waals surface area contributed by atoms with E-state index in [1.807, 2.05) is 36.4 Å².